The molecule has 0 radical (unpaired) electrons. The zero-order valence-electron chi connectivity index (χ0n) is 6.05. The van der Waals surface area contributed by atoms with Crippen LogP contribution in [-0.2, 0) is 14.3 Å². The van der Waals surface area contributed by atoms with Crippen molar-refractivity contribution in [3.8, 4) is 0 Å². The topological polar surface area (TPSA) is 43.4 Å². The van der Waals surface area contributed by atoms with Gasteiger partial charge in [-0.3, -0.25) is 9.59 Å². The van der Waals surface area contributed by atoms with Crippen LogP contribution >= 0.6 is 0 Å². The van der Waals surface area contributed by atoms with Crippen LogP contribution in [0.3, 0.4) is 0 Å². The van der Waals surface area contributed by atoms with E-state index in [4.69, 9.17) is 0 Å². The van der Waals surface area contributed by atoms with Crippen LogP contribution < -0.4 is 0 Å². The van der Waals surface area contributed by atoms with Gasteiger partial charge in [-0.05, 0) is 0 Å². The van der Waals surface area contributed by atoms with E-state index < -0.39 is 42.5 Å². The van der Waals surface area contributed by atoms with Crippen molar-refractivity contribution in [1.82, 2.24) is 0 Å². The van der Waals surface area contributed by atoms with E-state index in [0.717, 1.165) is 0 Å². The second-order valence-electron chi connectivity index (χ2n) is 3.22. The molecule has 2 rings (SSSR count). The normalized spacial score (nSPS) is 38.2. The van der Waals surface area contributed by atoms with Crippen LogP contribution in [0.25, 0.3) is 0 Å². The molecule has 0 bridgehead atoms. The predicted molar refractivity (Wildman–Crippen MR) is 32.3 cm³/mol. The Balaban J connectivity index is 2.26. The summed E-state index contributed by atoms with van der Waals surface area (Å²) in [6.07, 6.45) is -1.08. The number of cyclic esters (lactones) is 2. The number of rotatable bonds is 0. The minimum Gasteiger partial charge on any atom is -0.393 e. The minimum absolute atomic E-state index is 0.539. The molecule has 1 heterocycles. The molecule has 1 saturated heterocycles. The van der Waals surface area contributed by atoms with Crippen LogP contribution in [0.1, 0.15) is 12.8 Å². The van der Waals surface area contributed by atoms with Gasteiger partial charge in [0.2, 0.25) is 5.92 Å². The van der Waals surface area contributed by atoms with Gasteiger partial charge in [-0.25, -0.2) is 8.78 Å². The largest absolute Gasteiger partial charge is 0.393 e. The van der Waals surface area contributed by atoms with Gasteiger partial charge in [0, 0.05) is 12.8 Å². The SMILES string of the molecule is O=C1OC(=O)[C@@H]2CC(F)(F)C[C@H]12. The van der Waals surface area contributed by atoms with Crippen molar-refractivity contribution in [3.63, 3.8) is 0 Å². The Kier molecular flexibility index (Phi) is 1.29. The highest BCUT2D eigenvalue weighted by molar-refractivity contribution is 5.97. The number of hydrogen-bond donors (Lipinski definition) is 0. The van der Waals surface area contributed by atoms with Crippen molar-refractivity contribution in [2.24, 2.45) is 11.8 Å². The van der Waals surface area contributed by atoms with Gasteiger partial charge in [0.25, 0.3) is 0 Å². The average Bonchev–Trinajstić information content (AvgIpc) is 2.34. The standard InChI is InChI=1S/C7H6F2O3/c8-7(9)1-3-4(2-7)6(11)12-5(3)10/h3-4H,1-2H2/t3-,4+. The summed E-state index contributed by atoms with van der Waals surface area (Å²) in [5, 5.41) is 0. The van der Waals surface area contributed by atoms with Gasteiger partial charge in [0.15, 0.2) is 0 Å². The van der Waals surface area contributed by atoms with E-state index in [1.807, 2.05) is 0 Å². The Labute approximate surface area is 66.7 Å². The Morgan fingerprint density at radius 3 is 2.00 bits per heavy atom. The van der Waals surface area contributed by atoms with Gasteiger partial charge in [-0.15, -0.1) is 0 Å². The predicted octanol–water partition coefficient (Wildman–Crippen LogP) is 0.731. The van der Waals surface area contributed by atoms with Crippen LogP contribution in [0.2, 0.25) is 0 Å². The van der Waals surface area contributed by atoms with E-state index in [0.29, 0.717) is 0 Å². The second-order valence-corrected chi connectivity index (χ2v) is 3.22. The number of halogens is 2. The van der Waals surface area contributed by atoms with Crippen LogP contribution in [0.5, 0.6) is 0 Å². The summed E-state index contributed by atoms with van der Waals surface area (Å²) in [5.41, 5.74) is 0. The Bertz CT molecular complexity index is 237. The molecule has 5 heteroatoms. The summed E-state index contributed by atoms with van der Waals surface area (Å²) in [6.45, 7) is 0. The fourth-order valence-electron chi connectivity index (χ4n) is 1.76. The number of ether oxygens (including phenoxy) is 1. The van der Waals surface area contributed by atoms with Gasteiger partial charge in [0.05, 0.1) is 11.8 Å². The van der Waals surface area contributed by atoms with Crippen molar-refractivity contribution in [2.45, 2.75) is 18.8 Å². The van der Waals surface area contributed by atoms with E-state index in [2.05, 4.69) is 4.74 Å². The smallest absolute Gasteiger partial charge is 0.317 e. The highest BCUT2D eigenvalue weighted by Gasteiger charge is 2.57. The maximum absolute atomic E-state index is 12.7. The molecule has 0 unspecified atom stereocenters. The van der Waals surface area contributed by atoms with Crippen molar-refractivity contribution in [3.05, 3.63) is 0 Å². The first-order chi connectivity index (χ1) is 5.49. The van der Waals surface area contributed by atoms with Crippen LogP contribution in [0, 0.1) is 11.8 Å². The number of hydrogen-bond acceptors (Lipinski definition) is 3. The van der Waals surface area contributed by atoms with Gasteiger partial charge < -0.3 is 4.74 Å². The third-order valence-corrected chi connectivity index (χ3v) is 2.33. The molecule has 2 aliphatic rings. The molecule has 0 aromatic carbocycles. The fraction of sp³-hybridized carbons (Fsp3) is 0.714. The molecule has 1 aliphatic carbocycles. The molecule has 1 saturated carbocycles. The molecule has 1 aliphatic heterocycles. The molecule has 2 atom stereocenters. The summed E-state index contributed by atoms with van der Waals surface area (Å²) in [4.78, 5) is 21.6. The summed E-state index contributed by atoms with van der Waals surface area (Å²) >= 11 is 0. The van der Waals surface area contributed by atoms with Crippen LogP contribution in [0.15, 0.2) is 0 Å². The van der Waals surface area contributed by atoms with E-state index in [1.165, 1.54) is 0 Å². The Hall–Kier alpha value is -1.00. The lowest BCUT2D eigenvalue weighted by Gasteiger charge is -2.07. The van der Waals surface area contributed by atoms with Crippen molar-refractivity contribution in [1.29, 1.82) is 0 Å². The van der Waals surface area contributed by atoms with Gasteiger partial charge >= 0.3 is 11.9 Å². The zero-order valence-corrected chi connectivity index (χ0v) is 6.05. The number of alkyl halides is 2. The number of carbonyl (C=O) groups is 2. The molecule has 0 aromatic heterocycles. The van der Waals surface area contributed by atoms with Crippen molar-refractivity contribution in [2.75, 3.05) is 0 Å². The first-order valence-electron chi connectivity index (χ1n) is 3.63. The summed E-state index contributed by atoms with van der Waals surface area (Å²) in [6, 6.07) is 0. The maximum atomic E-state index is 12.7. The highest BCUT2D eigenvalue weighted by atomic mass is 19.3. The number of esters is 2. The molecule has 0 N–H and O–H groups in total. The summed E-state index contributed by atoms with van der Waals surface area (Å²) in [5.74, 6) is -6.24. The number of carbonyl (C=O) groups excluding carboxylic acids is 2. The van der Waals surface area contributed by atoms with E-state index in [-0.39, 0.29) is 0 Å². The third-order valence-electron chi connectivity index (χ3n) is 2.33. The fourth-order valence-corrected chi connectivity index (χ4v) is 1.76. The highest BCUT2D eigenvalue weighted by Crippen LogP contribution is 2.46. The minimum atomic E-state index is -2.87. The van der Waals surface area contributed by atoms with Gasteiger partial charge in [-0.1, -0.05) is 0 Å². The molecule has 12 heavy (non-hydrogen) atoms. The van der Waals surface area contributed by atoms with E-state index in [9.17, 15) is 18.4 Å². The first-order valence-corrected chi connectivity index (χ1v) is 3.63. The average molecular weight is 176 g/mol. The lowest BCUT2D eigenvalue weighted by molar-refractivity contribution is -0.156. The summed E-state index contributed by atoms with van der Waals surface area (Å²) < 4.78 is 29.5. The molecule has 66 valence electrons. The molecular weight excluding hydrogens is 170 g/mol. The number of fused-ring (bicyclic) bond motifs is 1. The lowest BCUT2D eigenvalue weighted by atomic mass is 10.00. The van der Waals surface area contributed by atoms with Gasteiger partial charge in [0.1, 0.15) is 0 Å². The second kappa shape index (κ2) is 2.02. The molecule has 2 fully saturated rings. The third kappa shape index (κ3) is 0.922. The molecule has 3 nitrogen and oxygen atoms in total. The molecule has 0 spiro atoms. The quantitative estimate of drug-likeness (QED) is 0.403. The molecule has 0 aromatic rings. The maximum Gasteiger partial charge on any atom is 0.317 e. The zero-order chi connectivity index (χ0) is 8.93. The van der Waals surface area contributed by atoms with E-state index >= 15 is 0 Å². The van der Waals surface area contributed by atoms with E-state index in [1.54, 1.807) is 0 Å². The molecule has 0 amide bonds. The monoisotopic (exact) mass is 176 g/mol. The van der Waals surface area contributed by atoms with Crippen molar-refractivity contribution >= 4 is 11.9 Å². The Morgan fingerprint density at radius 1 is 1.17 bits per heavy atom. The van der Waals surface area contributed by atoms with Crippen molar-refractivity contribution < 1.29 is 23.1 Å². The first kappa shape index (κ1) is 7.64. The lowest BCUT2D eigenvalue weighted by Crippen LogP contribution is -2.16. The molecular formula is C7H6F2O3. The van der Waals surface area contributed by atoms with Crippen LogP contribution in [-0.4, -0.2) is 17.9 Å². The summed E-state index contributed by atoms with van der Waals surface area (Å²) in [7, 11) is 0. The Morgan fingerprint density at radius 2 is 1.58 bits per heavy atom. The van der Waals surface area contributed by atoms with Gasteiger partial charge in [-0.2, -0.15) is 0 Å². The van der Waals surface area contributed by atoms with Crippen LogP contribution in [0.4, 0.5) is 8.78 Å².